The van der Waals surface area contributed by atoms with Gasteiger partial charge in [-0.2, -0.15) is 0 Å². The van der Waals surface area contributed by atoms with E-state index in [0.29, 0.717) is 23.6 Å². The zero-order chi connectivity index (χ0) is 14.2. The first-order chi connectivity index (χ1) is 9.56. The van der Waals surface area contributed by atoms with E-state index in [1.165, 1.54) is 24.0 Å². The summed E-state index contributed by atoms with van der Waals surface area (Å²) in [7, 11) is 0. The highest BCUT2D eigenvalue weighted by atomic mass is 16.5. The van der Waals surface area contributed by atoms with Crippen molar-refractivity contribution in [3.05, 3.63) is 35.4 Å². The molecule has 0 aromatic heterocycles. The molecule has 1 aromatic carbocycles. The minimum atomic E-state index is 0.329. The average Bonchev–Trinajstić information content (AvgIpc) is 2.42. The van der Waals surface area contributed by atoms with Crippen molar-refractivity contribution in [3.63, 3.8) is 0 Å². The van der Waals surface area contributed by atoms with Crippen LogP contribution < -0.4 is 5.32 Å². The summed E-state index contributed by atoms with van der Waals surface area (Å²) in [5.41, 5.74) is 3.38. The molecule has 1 heterocycles. The van der Waals surface area contributed by atoms with E-state index in [1.54, 1.807) is 0 Å². The molecule has 2 aliphatic rings. The first kappa shape index (κ1) is 14.1. The van der Waals surface area contributed by atoms with E-state index in [4.69, 9.17) is 4.74 Å². The SMILES string of the molecule is CC1CC(NC2c3ccccc3CCC2(C)C)CCO1. The lowest BCUT2D eigenvalue weighted by Crippen LogP contribution is -2.46. The van der Waals surface area contributed by atoms with Gasteiger partial charge in [-0.05, 0) is 49.1 Å². The second kappa shape index (κ2) is 5.50. The van der Waals surface area contributed by atoms with Crippen LogP contribution in [0, 0.1) is 5.41 Å². The number of hydrogen-bond donors (Lipinski definition) is 1. The highest BCUT2D eigenvalue weighted by molar-refractivity contribution is 5.34. The Morgan fingerprint density at radius 3 is 2.85 bits per heavy atom. The van der Waals surface area contributed by atoms with Gasteiger partial charge in [0.05, 0.1) is 6.10 Å². The van der Waals surface area contributed by atoms with Crippen molar-refractivity contribution in [2.24, 2.45) is 5.41 Å². The van der Waals surface area contributed by atoms with Gasteiger partial charge in [-0.3, -0.25) is 0 Å². The molecular formula is C18H27NO. The van der Waals surface area contributed by atoms with Crippen molar-refractivity contribution in [2.45, 2.75) is 64.6 Å². The van der Waals surface area contributed by atoms with Crippen molar-refractivity contribution in [1.29, 1.82) is 0 Å². The number of aryl methyl sites for hydroxylation is 1. The third-order valence-electron chi connectivity index (χ3n) is 5.07. The number of hydrogen-bond acceptors (Lipinski definition) is 2. The molecule has 3 rings (SSSR count). The van der Waals surface area contributed by atoms with Gasteiger partial charge >= 0.3 is 0 Å². The van der Waals surface area contributed by atoms with Crippen LogP contribution in [0.15, 0.2) is 24.3 Å². The Morgan fingerprint density at radius 1 is 1.25 bits per heavy atom. The summed E-state index contributed by atoms with van der Waals surface area (Å²) in [6.07, 6.45) is 5.14. The molecule has 3 unspecified atom stereocenters. The van der Waals surface area contributed by atoms with Crippen LogP contribution in [0.2, 0.25) is 0 Å². The molecule has 1 fully saturated rings. The topological polar surface area (TPSA) is 21.3 Å². The first-order valence-corrected chi connectivity index (χ1v) is 8.02. The molecule has 0 radical (unpaired) electrons. The van der Waals surface area contributed by atoms with Crippen LogP contribution in [0.25, 0.3) is 0 Å². The van der Waals surface area contributed by atoms with Gasteiger partial charge in [0.25, 0.3) is 0 Å². The van der Waals surface area contributed by atoms with E-state index in [-0.39, 0.29) is 0 Å². The fourth-order valence-corrected chi connectivity index (χ4v) is 3.77. The van der Waals surface area contributed by atoms with Crippen molar-refractivity contribution in [2.75, 3.05) is 6.61 Å². The van der Waals surface area contributed by atoms with Gasteiger partial charge in [0.2, 0.25) is 0 Å². The maximum absolute atomic E-state index is 5.68. The van der Waals surface area contributed by atoms with Crippen LogP contribution in [-0.2, 0) is 11.2 Å². The monoisotopic (exact) mass is 273 g/mol. The first-order valence-electron chi connectivity index (χ1n) is 8.02. The summed E-state index contributed by atoms with van der Waals surface area (Å²) in [5.74, 6) is 0. The van der Waals surface area contributed by atoms with Gasteiger partial charge in [-0.25, -0.2) is 0 Å². The molecule has 0 bridgehead atoms. The van der Waals surface area contributed by atoms with E-state index >= 15 is 0 Å². The molecule has 2 heteroatoms. The van der Waals surface area contributed by atoms with Gasteiger partial charge in [0.15, 0.2) is 0 Å². The Bertz CT molecular complexity index is 468. The molecule has 1 saturated heterocycles. The summed E-state index contributed by atoms with van der Waals surface area (Å²) in [6.45, 7) is 7.90. The lowest BCUT2D eigenvalue weighted by Gasteiger charge is -2.43. The van der Waals surface area contributed by atoms with E-state index in [0.717, 1.165) is 19.4 Å². The Balaban J connectivity index is 1.82. The molecule has 1 aromatic rings. The maximum atomic E-state index is 5.68. The molecule has 20 heavy (non-hydrogen) atoms. The number of benzene rings is 1. The van der Waals surface area contributed by atoms with E-state index in [2.05, 4.69) is 50.4 Å². The van der Waals surface area contributed by atoms with Crippen molar-refractivity contribution in [3.8, 4) is 0 Å². The van der Waals surface area contributed by atoms with Crippen molar-refractivity contribution in [1.82, 2.24) is 5.32 Å². The molecule has 1 N–H and O–H groups in total. The Labute approximate surface area is 122 Å². The molecule has 110 valence electrons. The zero-order valence-corrected chi connectivity index (χ0v) is 13.0. The smallest absolute Gasteiger partial charge is 0.0561 e. The minimum Gasteiger partial charge on any atom is -0.378 e. The fraction of sp³-hybridized carbons (Fsp3) is 0.667. The summed E-state index contributed by atoms with van der Waals surface area (Å²) >= 11 is 0. The Kier molecular flexibility index (Phi) is 3.87. The van der Waals surface area contributed by atoms with Gasteiger partial charge in [-0.1, -0.05) is 38.1 Å². The number of nitrogens with one attached hydrogen (secondary N) is 1. The zero-order valence-electron chi connectivity index (χ0n) is 13.0. The molecule has 0 spiro atoms. The number of fused-ring (bicyclic) bond motifs is 1. The van der Waals surface area contributed by atoms with Crippen molar-refractivity contribution < 1.29 is 4.74 Å². The van der Waals surface area contributed by atoms with Gasteiger partial charge in [-0.15, -0.1) is 0 Å². The molecule has 1 aliphatic carbocycles. The molecule has 0 amide bonds. The van der Waals surface area contributed by atoms with Crippen LogP contribution in [0.3, 0.4) is 0 Å². The molecule has 3 atom stereocenters. The lowest BCUT2D eigenvalue weighted by molar-refractivity contribution is 0.00643. The Morgan fingerprint density at radius 2 is 2.05 bits per heavy atom. The lowest BCUT2D eigenvalue weighted by atomic mass is 9.70. The van der Waals surface area contributed by atoms with Gasteiger partial charge < -0.3 is 10.1 Å². The third-order valence-corrected chi connectivity index (χ3v) is 5.07. The second-order valence-electron chi connectivity index (χ2n) is 7.19. The molecule has 2 nitrogen and oxygen atoms in total. The Hall–Kier alpha value is -0.860. The normalized spacial score (nSPS) is 32.6. The highest BCUT2D eigenvalue weighted by Crippen LogP contribution is 2.44. The summed E-state index contributed by atoms with van der Waals surface area (Å²) in [4.78, 5) is 0. The van der Waals surface area contributed by atoms with Crippen LogP contribution in [0.4, 0.5) is 0 Å². The largest absolute Gasteiger partial charge is 0.378 e. The number of rotatable bonds is 2. The molecule has 1 aliphatic heterocycles. The van der Waals surface area contributed by atoms with Crippen LogP contribution in [0.5, 0.6) is 0 Å². The predicted octanol–water partition coefficient (Wildman–Crippen LogP) is 3.86. The second-order valence-corrected chi connectivity index (χ2v) is 7.19. The van der Waals surface area contributed by atoms with Crippen LogP contribution >= 0.6 is 0 Å². The molecule has 0 saturated carbocycles. The molecular weight excluding hydrogens is 246 g/mol. The quantitative estimate of drug-likeness (QED) is 0.883. The predicted molar refractivity (Wildman–Crippen MR) is 82.9 cm³/mol. The average molecular weight is 273 g/mol. The summed E-state index contributed by atoms with van der Waals surface area (Å²) in [6, 6.07) is 10.0. The van der Waals surface area contributed by atoms with Gasteiger partial charge in [0, 0.05) is 18.7 Å². The standard InChI is InChI=1S/C18H27NO/c1-13-12-15(9-11-20-13)19-17-16-7-5-4-6-14(16)8-10-18(17,2)3/h4-7,13,15,17,19H,8-12H2,1-3H3. The minimum absolute atomic E-state index is 0.329. The van der Waals surface area contributed by atoms with Crippen LogP contribution in [0.1, 0.15) is 57.2 Å². The summed E-state index contributed by atoms with van der Waals surface area (Å²) < 4.78 is 5.68. The van der Waals surface area contributed by atoms with E-state index < -0.39 is 0 Å². The van der Waals surface area contributed by atoms with Gasteiger partial charge in [0.1, 0.15) is 0 Å². The fourth-order valence-electron chi connectivity index (χ4n) is 3.77. The van der Waals surface area contributed by atoms with E-state index in [9.17, 15) is 0 Å². The number of ether oxygens (including phenoxy) is 1. The summed E-state index contributed by atoms with van der Waals surface area (Å²) in [5, 5.41) is 3.95. The van der Waals surface area contributed by atoms with Crippen LogP contribution in [-0.4, -0.2) is 18.8 Å². The van der Waals surface area contributed by atoms with Crippen molar-refractivity contribution >= 4 is 0 Å². The highest BCUT2D eigenvalue weighted by Gasteiger charge is 2.37. The van der Waals surface area contributed by atoms with E-state index in [1.807, 2.05) is 0 Å². The maximum Gasteiger partial charge on any atom is 0.0561 e. The third kappa shape index (κ3) is 2.77.